The Morgan fingerprint density at radius 1 is 1.35 bits per heavy atom. The van der Waals surface area contributed by atoms with Crippen molar-refractivity contribution in [2.45, 2.75) is 11.1 Å². The van der Waals surface area contributed by atoms with Crippen molar-refractivity contribution in [2.75, 3.05) is 12.4 Å². The summed E-state index contributed by atoms with van der Waals surface area (Å²) in [4.78, 5) is -0.659. The van der Waals surface area contributed by atoms with Crippen molar-refractivity contribution < 1.29 is 21.3 Å². The minimum Gasteiger partial charge on any atom is -0.355 e. The molecule has 1 aliphatic heterocycles. The van der Waals surface area contributed by atoms with Gasteiger partial charge in [0.25, 0.3) is 11.3 Å². The molecular weight excluding hydrogens is 498 g/mol. The molecule has 1 heterocycles. The molecule has 2 aromatic rings. The lowest BCUT2D eigenvalue weighted by molar-refractivity contribution is 0.192. The highest BCUT2D eigenvalue weighted by Gasteiger charge is 2.33. The van der Waals surface area contributed by atoms with Crippen LogP contribution in [0.3, 0.4) is 0 Å². The van der Waals surface area contributed by atoms with E-state index in [1.165, 1.54) is 11.4 Å². The topological polar surface area (TPSA) is 114 Å². The minimum atomic E-state index is -4.28. The van der Waals surface area contributed by atoms with Gasteiger partial charge in [-0.15, -0.1) is 0 Å². The van der Waals surface area contributed by atoms with Gasteiger partial charge in [-0.3, -0.25) is 0 Å². The maximum absolute atomic E-state index is 14.3. The molecule has 2 atom stereocenters. The molecule has 0 saturated carbocycles. The van der Waals surface area contributed by atoms with Crippen LogP contribution in [0.4, 0.5) is 15.8 Å². The number of halogens is 2. The van der Waals surface area contributed by atoms with Gasteiger partial charge in [-0.05, 0) is 59.0 Å². The fourth-order valence-electron chi connectivity index (χ4n) is 2.38. The lowest BCUT2D eigenvalue weighted by Gasteiger charge is -2.21. The predicted molar refractivity (Wildman–Crippen MR) is 103 cm³/mol. The Balaban J connectivity index is 2.11. The Morgan fingerprint density at radius 2 is 2.00 bits per heavy atom. The zero-order chi connectivity index (χ0) is 19.1. The summed E-state index contributed by atoms with van der Waals surface area (Å²) in [7, 11) is -2.77. The summed E-state index contributed by atoms with van der Waals surface area (Å²) < 4.78 is 56.6. The second kappa shape index (κ2) is 7.46. The molecule has 12 heteroatoms. The second-order valence-electron chi connectivity index (χ2n) is 5.41. The molecule has 0 aromatic heterocycles. The zero-order valence-corrected chi connectivity index (χ0v) is 17.1. The van der Waals surface area contributed by atoms with Crippen LogP contribution in [0.5, 0.6) is 0 Å². The van der Waals surface area contributed by atoms with Crippen molar-refractivity contribution >= 4 is 55.3 Å². The highest BCUT2D eigenvalue weighted by Crippen LogP contribution is 2.34. The smallest absolute Gasteiger partial charge is 0.256 e. The average molecular weight is 512 g/mol. The van der Waals surface area contributed by atoms with Crippen LogP contribution in [0.15, 0.2) is 41.3 Å². The van der Waals surface area contributed by atoms with Crippen molar-refractivity contribution in [1.29, 1.82) is 0 Å². The Labute approximate surface area is 165 Å². The van der Waals surface area contributed by atoms with Crippen LogP contribution in [-0.2, 0) is 25.6 Å². The Morgan fingerprint density at radius 3 is 2.54 bits per heavy atom. The number of hydrogen-bond acceptors (Lipinski definition) is 6. The number of primary sulfonamides is 1. The standard InChI is InChI=1S/C14H14FIN4O4S2/c1-20-14(19-24-25(20)21)10-6-13(26(17,22)23)11(15)7-12(10)18-9-4-2-8(16)3-5-9/h2-7,14,18-19H,1H3,(H2,17,22,23). The highest BCUT2D eigenvalue weighted by molar-refractivity contribution is 14.1. The fourth-order valence-corrected chi connectivity index (χ4v) is 3.98. The maximum atomic E-state index is 14.3. The van der Waals surface area contributed by atoms with Crippen molar-refractivity contribution in [2.24, 2.45) is 5.14 Å². The van der Waals surface area contributed by atoms with Gasteiger partial charge in [-0.25, -0.2) is 22.2 Å². The molecule has 1 aliphatic rings. The summed E-state index contributed by atoms with van der Waals surface area (Å²) in [6, 6.07) is 9.42. The molecule has 0 spiro atoms. The number of nitrogens with zero attached hydrogens (tertiary/aromatic N) is 1. The van der Waals surface area contributed by atoms with E-state index in [9.17, 15) is 17.0 Å². The van der Waals surface area contributed by atoms with E-state index in [0.717, 1.165) is 15.7 Å². The number of nitrogens with two attached hydrogens (primary N) is 1. The van der Waals surface area contributed by atoms with Crippen LogP contribution < -0.4 is 15.9 Å². The third-order valence-electron chi connectivity index (χ3n) is 3.66. The van der Waals surface area contributed by atoms with Gasteiger partial charge in [-0.1, -0.05) is 0 Å². The van der Waals surface area contributed by atoms with Crippen molar-refractivity contribution in [1.82, 2.24) is 9.79 Å². The van der Waals surface area contributed by atoms with E-state index in [-0.39, 0.29) is 5.69 Å². The number of rotatable bonds is 4. The molecule has 2 aromatic carbocycles. The highest BCUT2D eigenvalue weighted by atomic mass is 127. The van der Waals surface area contributed by atoms with Crippen molar-refractivity contribution in [3.63, 3.8) is 0 Å². The first-order valence-corrected chi connectivity index (χ1v) is 10.8. The SMILES string of the molecule is CN1C(c2cc(S(N)(=O)=O)c(F)cc2Nc2ccc(I)cc2)NOS1=O. The summed E-state index contributed by atoms with van der Waals surface area (Å²) in [6.07, 6.45) is -0.775. The summed E-state index contributed by atoms with van der Waals surface area (Å²) in [5.41, 5.74) is 3.78. The Kier molecular flexibility index (Phi) is 5.62. The van der Waals surface area contributed by atoms with Crippen LogP contribution >= 0.6 is 22.6 Å². The van der Waals surface area contributed by atoms with Crippen molar-refractivity contribution in [3.8, 4) is 0 Å². The van der Waals surface area contributed by atoms with Crippen LogP contribution in [0, 0.1) is 9.39 Å². The lowest BCUT2D eigenvalue weighted by Crippen LogP contribution is -2.26. The van der Waals surface area contributed by atoms with E-state index in [4.69, 9.17) is 9.42 Å². The third-order valence-corrected chi connectivity index (χ3v) is 6.22. The molecule has 3 rings (SSSR count). The molecule has 0 amide bonds. The molecule has 0 radical (unpaired) electrons. The molecule has 140 valence electrons. The number of anilines is 2. The summed E-state index contributed by atoms with van der Waals surface area (Å²) in [6.45, 7) is 0. The first kappa shape index (κ1) is 19.6. The molecule has 0 bridgehead atoms. The third kappa shape index (κ3) is 4.05. The van der Waals surface area contributed by atoms with Gasteiger partial charge in [0.2, 0.25) is 10.0 Å². The molecule has 26 heavy (non-hydrogen) atoms. The largest absolute Gasteiger partial charge is 0.355 e. The van der Waals surface area contributed by atoms with Gasteiger partial charge >= 0.3 is 0 Å². The first-order valence-electron chi connectivity index (χ1n) is 7.13. The summed E-state index contributed by atoms with van der Waals surface area (Å²) in [5, 5.41) is 8.12. The predicted octanol–water partition coefficient (Wildman–Crippen LogP) is 1.87. The van der Waals surface area contributed by atoms with Crippen LogP contribution in [0.25, 0.3) is 0 Å². The molecule has 1 saturated heterocycles. The fraction of sp³-hybridized carbons (Fsp3) is 0.143. The van der Waals surface area contributed by atoms with E-state index < -0.39 is 38.2 Å². The number of hydrogen-bond donors (Lipinski definition) is 3. The number of nitrogens with one attached hydrogen (secondary N) is 2. The maximum Gasteiger partial charge on any atom is 0.256 e. The lowest BCUT2D eigenvalue weighted by atomic mass is 10.1. The molecular formula is C14H14FIN4O4S2. The van der Waals surface area contributed by atoms with Gasteiger partial charge in [-0.2, -0.15) is 14.1 Å². The number of hydroxylamine groups is 1. The van der Waals surface area contributed by atoms with Gasteiger partial charge in [0.1, 0.15) is 16.9 Å². The quantitative estimate of drug-likeness (QED) is 0.540. The monoisotopic (exact) mass is 512 g/mol. The van der Waals surface area contributed by atoms with Gasteiger partial charge in [0.15, 0.2) is 0 Å². The van der Waals surface area contributed by atoms with Crippen molar-refractivity contribution in [3.05, 3.63) is 51.3 Å². The molecule has 1 fully saturated rings. The second-order valence-corrected chi connectivity index (χ2v) is 9.37. The van der Waals surface area contributed by atoms with Crippen LogP contribution in [-0.4, -0.2) is 24.0 Å². The first-order chi connectivity index (χ1) is 12.2. The van der Waals surface area contributed by atoms with Gasteiger partial charge in [0.05, 0.1) is 0 Å². The molecule has 0 aliphatic carbocycles. The summed E-state index contributed by atoms with van der Waals surface area (Å²) in [5.74, 6) is -0.994. The Hall–Kier alpha value is -1.16. The van der Waals surface area contributed by atoms with E-state index in [1.54, 1.807) is 12.1 Å². The van der Waals surface area contributed by atoms with E-state index in [0.29, 0.717) is 11.3 Å². The van der Waals surface area contributed by atoms with E-state index in [2.05, 4.69) is 33.4 Å². The minimum absolute atomic E-state index is 0.281. The van der Waals surface area contributed by atoms with Crippen LogP contribution in [0.1, 0.15) is 11.7 Å². The van der Waals surface area contributed by atoms with E-state index in [1.807, 2.05) is 12.1 Å². The summed E-state index contributed by atoms with van der Waals surface area (Å²) >= 11 is 0.383. The number of benzene rings is 2. The van der Waals surface area contributed by atoms with Crippen LogP contribution in [0.2, 0.25) is 0 Å². The zero-order valence-electron chi connectivity index (χ0n) is 13.3. The molecule has 4 N–H and O–H groups in total. The average Bonchev–Trinajstić information content (AvgIpc) is 2.88. The van der Waals surface area contributed by atoms with Gasteiger partial charge < -0.3 is 5.32 Å². The molecule has 8 nitrogen and oxygen atoms in total. The van der Waals surface area contributed by atoms with E-state index >= 15 is 0 Å². The van der Waals surface area contributed by atoms with Gasteiger partial charge in [0, 0.05) is 27.6 Å². The Bertz CT molecular complexity index is 972. The number of sulfonamides is 1. The molecule has 2 unspecified atom stereocenters. The normalized spacial score (nSPS) is 21.1.